The van der Waals surface area contributed by atoms with Crippen molar-refractivity contribution >= 4 is 23.6 Å². The highest BCUT2D eigenvalue weighted by Gasteiger charge is 2.20. The molecule has 2 aromatic rings. The summed E-state index contributed by atoms with van der Waals surface area (Å²) in [7, 11) is 0. The van der Waals surface area contributed by atoms with E-state index in [0.717, 1.165) is 18.2 Å². The van der Waals surface area contributed by atoms with E-state index in [9.17, 15) is 14.9 Å². The van der Waals surface area contributed by atoms with Gasteiger partial charge in [-0.1, -0.05) is 18.7 Å². The van der Waals surface area contributed by atoms with Crippen molar-refractivity contribution in [3.8, 4) is 11.6 Å². The molecule has 112 valence electrons. The molecule has 2 aromatic heterocycles. The Morgan fingerprint density at radius 3 is 2.86 bits per heavy atom. The second-order valence-electron chi connectivity index (χ2n) is 4.04. The Morgan fingerprint density at radius 1 is 1.52 bits per heavy atom. The average Bonchev–Trinajstić information content (AvgIpc) is 3.03. The fourth-order valence-electron chi connectivity index (χ4n) is 1.68. The van der Waals surface area contributed by atoms with Gasteiger partial charge in [-0.15, -0.1) is 10.2 Å². The number of carbonyl (C=O) groups is 1. The Hall–Kier alpha value is -2.36. The van der Waals surface area contributed by atoms with E-state index >= 15 is 0 Å². The lowest BCUT2D eigenvalue weighted by Crippen LogP contribution is -2.04. The fraction of sp³-hybridized carbons (Fsp3) is 0.364. The molecule has 0 fully saturated rings. The van der Waals surface area contributed by atoms with Gasteiger partial charge in [0.25, 0.3) is 0 Å². The third-order valence-corrected chi connectivity index (χ3v) is 3.43. The number of nitrogens with zero attached hydrogens (tertiary/aromatic N) is 4. The zero-order valence-corrected chi connectivity index (χ0v) is 11.9. The number of carboxylic acids is 1. The molecular weight excluding hydrogens is 300 g/mol. The Morgan fingerprint density at radius 2 is 2.29 bits per heavy atom. The van der Waals surface area contributed by atoms with Gasteiger partial charge in [-0.3, -0.25) is 19.5 Å². The summed E-state index contributed by atoms with van der Waals surface area (Å²) >= 11 is 1.04. The molecule has 9 nitrogen and oxygen atoms in total. The summed E-state index contributed by atoms with van der Waals surface area (Å²) in [5.74, 6) is -0.903. The minimum Gasteiger partial charge on any atom is -0.481 e. The maximum Gasteiger partial charge on any atom is 0.433 e. The highest BCUT2D eigenvalue weighted by atomic mass is 32.2. The smallest absolute Gasteiger partial charge is 0.433 e. The third kappa shape index (κ3) is 3.40. The zero-order valence-electron chi connectivity index (χ0n) is 11.1. The van der Waals surface area contributed by atoms with Crippen LogP contribution >= 0.6 is 11.8 Å². The predicted octanol–water partition coefficient (Wildman–Crippen LogP) is 2.03. The lowest BCUT2D eigenvalue weighted by atomic mass is 10.4. The zero-order chi connectivity index (χ0) is 15.4. The standard InChI is InChI=1S/C11H12N4O5S/c1-2-5-14-10(7-3-4-8(20-7)15(18)19)12-13-11(14)21-6-9(16)17/h3-4H,2,5-6H2,1H3,(H,16,17). The Balaban J connectivity index is 2.33. The molecule has 10 heteroatoms. The van der Waals surface area contributed by atoms with E-state index in [-0.39, 0.29) is 17.4 Å². The highest BCUT2D eigenvalue weighted by Crippen LogP contribution is 2.28. The van der Waals surface area contributed by atoms with Crippen molar-refractivity contribution in [2.75, 3.05) is 5.75 Å². The molecule has 0 amide bonds. The predicted molar refractivity (Wildman–Crippen MR) is 73.0 cm³/mol. The number of rotatable bonds is 7. The first-order chi connectivity index (χ1) is 10.0. The maximum absolute atomic E-state index is 10.6. The normalized spacial score (nSPS) is 10.7. The summed E-state index contributed by atoms with van der Waals surface area (Å²) in [4.78, 5) is 20.6. The molecule has 2 rings (SSSR count). The van der Waals surface area contributed by atoms with Gasteiger partial charge < -0.3 is 9.52 Å². The molecule has 0 aliphatic rings. The van der Waals surface area contributed by atoms with E-state index in [4.69, 9.17) is 9.52 Å². The molecule has 0 radical (unpaired) electrons. The van der Waals surface area contributed by atoms with Crippen LogP contribution in [0.1, 0.15) is 13.3 Å². The Kier molecular flexibility index (Phi) is 4.58. The molecule has 0 atom stereocenters. The van der Waals surface area contributed by atoms with Crippen LogP contribution in [0, 0.1) is 10.1 Å². The quantitative estimate of drug-likeness (QED) is 0.468. The van der Waals surface area contributed by atoms with Crippen LogP contribution < -0.4 is 0 Å². The van der Waals surface area contributed by atoms with E-state index in [2.05, 4.69) is 10.2 Å². The number of hydrogen-bond acceptors (Lipinski definition) is 7. The third-order valence-electron chi connectivity index (χ3n) is 2.48. The second kappa shape index (κ2) is 6.39. The van der Waals surface area contributed by atoms with Crippen molar-refractivity contribution in [3.63, 3.8) is 0 Å². The van der Waals surface area contributed by atoms with Crippen LogP contribution in [0.4, 0.5) is 5.88 Å². The number of hydrogen-bond donors (Lipinski definition) is 1. The van der Waals surface area contributed by atoms with Crippen LogP contribution in [0.5, 0.6) is 0 Å². The molecule has 0 saturated carbocycles. The molecule has 0 saturated heterocycles. The second-order valence-corrected chi connectivity index (χ2v) is 4.98. The topological polar surface area (TPSA) is 124 Å². The van der Waals surface area contributed by atoms with Gasteiger partial charge in [0, 0.05) is 6.54 Å². The Labute approximate surface area is 123 Å². The average molecular weight is 312 g/mol. The summed E-state index contributed by atoms with van der Waals surface area (Å²) in [6.07, 6.45) is 0.772. The van der Waals surface area contributed by atoms with Gasteiger partial charge >= 0.3 is 11.9 Å². The van der Waals surface area contributed by atoms with E-state index in [0.29, 0.717) is 17.5 Å². The highest BCUT2D eigenvalue weighted by molar-refractivity contribution is 7.99. The largest absolute Gasteiger partial charge is 0.481 e. The number of aliphatic carboxylic acids is 1. The molecule has 0 aliphatic carbocycles. The number of aromatic nitrogens is 3. The minimum absolute atomic E-state index is 0.139. The lowest BCUT2D eigenvalue weighted by molar-refractivity contribution is -0.401. The minimum atomic E-state index is -0.957. The SMILES string of the molecule is CCCn1c(SCC(=O)O)nnc1-c1ccc([N+](=O)[O-])o1. The van der Waals surface area contributed by atoms with Gasteiger partial charge in [0.15, 0.2) is 10.9 Å². The van der Waals surface area contributed by atoms with Crippen LogP contribution in [-0.2, 0) is 11.3 Å². The molecule has 0 aliphatic heterocycles. The summed E-state index contributed by atoms with van der Waals surface area (Å²) in [5.41, 5.74) is 0. The number of nitro groups is 1. The number of thioether (sulfide) groups is 1. The monoisotopic (exact) mass is 312 g/mol. The molecule has 0 spiro atoms. The molecule has 0 unspecified atom stereocenters. The van der Waals surface area contributed by atoms with Crippen LogP contribution in [0.15, 0.2) is 21.7 Å². The Bertz CT molecular complexity index is 665. The van der Waals surface area contributed by atoms with Crippen molar-refractivity contribution in [2.24, 2.45) is 0 Å². The first-order valence-corrected chi connectivity index (χ1v) is 7.04. The molecular formula is C11H12N4O5S. The molecule has 0 aromatic carbocycles. The van der Waals surface area contributed by atoms with Crippen molar-refractivity contribution in [3.05, 3.63) is 22.2 Å². The van der Waals surface area contributed by atoms with Gasteiger partial charge in [0.2, 0.25) is 5.82 Å². The van der Waals surface area contributed by atoms with E-state index in [1.807, 2.05) is 6.92 Å². The van der Waals surface area contributed by atoms with Gasteiger partial charge in [0.05, 0.1) is 11.8 Å². The number of furan rings is 1. The summed E-state index contributed by atoms with van der Waals surface area (Å²) < 4.78 is 6.80. The van der Waals surface area contributed by atoms with Gasteiger partial charge in [-0.25, -0.2) is 0 Å². The molecule has 1 N–H and O–H groups in total. The van der Waals surface area contributed by atoms with Gasteiger partial charge in [0.1, 0.15) is 4.92 Å². The molecule has 21 heavy (non-hydrogen) atoms. The lowest BCUT2D eigenvalue weighted by Gasteiger charge is -2.06. The first kappa shape index (κ1) is 15.0. The van der Waals surface area contributed by atoms with Crippen molar-refractivity contribution < 1.29 is 19.2 Å². The molecule has 0 bridgehead atoms. The van der Waals surface area contributed by atoms with Crippen LogP contribution in [0.25, 0.3) is 11.6 Å². The van der Waals surface area contributed by atoms with E-state index < -0.39 is 10.9 Å². The number of carboxylic acid groups (broad SMARTS) is 1. The van der Waals surface area contributed by atoms with Crippen molar-refractivity contribution in [1.82, 2.24) is 14.8 Å². The fourth-order valence-corrected chi connectivity index (χ4v) is 2.36. The van der Waals surface area contributed by atoms with Gasteiger partial charge in [-0.2, -0.15) is 0 Å². The van der Waals surface area contributed by atoms with E-state index in [1.165, 1.54) is 12.1 Å². The molecule has 2 heterocycles. The van der Waals surface area contributed by atoms with Crippen LogP contribution in [-0.4, -0.2) is 36.5 Å². The van der Waals surface area contributed by atoms with Crippen molar-refractivity contribution in [1.29, 1.82) is 0 Å². The summed E-state index contributed by atoms with van der Waals surface area (Å²) in [6.45, 7) is 2.50. The van der Waals surface area contributed by atoms with Crippen LogP contribution in [0.3, 0.4) is 0 Å². The summed E-state index contributed by atoms with van der Waals surface area (Å²) in [5, 5.41) is 27.6. The first-order valence-electron chi connectivity index (χ1n) is 6.05. The van der Waals surface area contributed by atoms with E-state index in [1.54, 1.807) is 4.57 Å². The maximum atomic E-state index is 10.6. The summed E-state index contributed by atoms with van der Waals surface area (Å²) in [6, 6.07) is 2.68. The van der Waals surface area contributed by atoms with Gasteiger partial charge in [-0.05, 0) is 12.5 Å². The van der Waals surface area contributed by atoms with Crippen molar-refractivity contribution in [2.45, 2.75) is 25.0 Å². The van der Waals surface area contributed by atoms with Crippen LogP contribution in [0.2, 0.25) is 0 Å².